The van der Waals surface area contributed by atoms with Crippen LogP contribution < -0.4 is 4.90 Å². The minimum atomic E-state index is -3.71. The number of hydrogen-bond donors (Lipinski definition) is 0. The van der Waals surface area contributed by atoms with E-state index >= 15 is 0 Å². The molecular weight excluding hydrogens is 402 g/mol. The molecule has 3 aromatic rings. The molecule has 0 amide bonds. The molecule has 0 aliphatic carbocycles. The normalized spacial score (nSPS) is 18.5. The van der Waals surface area contributed by atoms with Gasteiger partial charge in [0.05, 0.1) is 16.7 Å². The van der Waals surface area contributed by atoms with Crippen molar-refractivity contribution >= 4 is 44.2 Å². The molecular formula is C17H17N5O4S2. The Kier molecular flexibility index (Phi) is 4.73. The molecule has 1 fully saturated rings. The second kappa shape index (κ2) is 7.08. The van der Waals surface area contributed by atoms with Crippen LogP contribution in [0.3, 0.4) is 0 Å². The average Bonchev–Trinajstić information content (AvgIpc) is 3.16. The monoisotopic (exact) mass is 419 g/mol. The van der Waals surface area contributed by atoms with E-state index in [4.69, 9.17) is 0 Å². The van der Waals surface area contributed by atoms with E-state index in [2.05, 4.69) is 8.75 Å². The van der Waals surface area contributed by atoms with Crippen LogP contribution in [-0.2, 0) is 10.0 Å². The molecule has 1 atom stereocenters. The van der Waals surface area contributed by atoms with Crippen LogP contribution in [0.25, 0.3) is 11.0 Å². The molecule has 0 radical (unpaired) electrons. The van der Waals surface area contributed by atoms with E-state index < -0.39 is 14.9 Å². The maximum atomic E-state index is 13.2. The number of hydrogen-bond acceptors (Lipinski definition) is 8. The van der Waals surface area contributed by atoms with Crippen LogP contribution in [0.15, 0.2) is 47.4 Å². The summed E-state index contributed by atoms with van der Waals surface area (Å²) in [6.07, 6.45) is 0. The first-order valence-corrected chi connectivity index (χ1v) is 10.8. The Morgan fingerprint density at radius 3 is 2.57 bits per heavy atom. The predicted molar refractivity (Wildman–Crippen MR) is 106 cm³/mol. The maximum Gasteiger partial charge on any atom is 0.269 e. The van der Waals surface area contributed by atoms with Crippen molar-refractivity contribution in [1.29, 1.82) is 0 Å². The van der Waals surface area contributed by atoms with Crippen molar-refractivity contribution < 1.29 is 13.3 Å². The second-order valence-corrected chi connectivity index (χ2v) is 8.96. The fourth-order valence-corrected chi connectivity index (χ4v) is 5.80. The number of nitro benzene ring substituents is 1. The highest BCUT2D eigenvalue weighted by Gasteiger charge is 2.35. The minimum Gasteiger partial charge on any atom is -0.369 e. The lowest BCUT2D eigenvalue weighted by molar-refractivity contribution is -0.384. The van der Waals surface area contributed by atoms with Gasteiger partial charge in [-0.25, -0.2) is 8.42 Å². The number of rotatable bonds is 4. The molecule has 1 saturated heterocycles. The van der Waals surface area contributed by atoms with Crippen molar-refractivity contribution in [2.24, 2.45) is 0 Å². The van der Waals surface area contributed by atoms with E-state index in [0.717, 1.165) is 17.4 Å². The number of piperazine rings is 1. The van der Waals surface area contributed by atoms with Crippen LogP contribution in [0.4, 0.5) is 11.4 Å². The summed E-state index contributed by atoms with van der Waals surface area (Å²) in [5.41, 5.74) is 1.84. The lowest BCUT2D eigenvalue weighted by Crippen LogP contribution is -2.54. The fourth-order valence-electron chi connectivity index (χ4n) is 3.43. The molecule has 0 bridgehead atoms. The molecule has 9 nitrogen and oxygen atoms in total. The first-order valence-electron chi connectivity index (χ1n) is 8.60. The lowest BCUT2D eigenvalue weighted by Gasteiger charge is -2.40. The van der Waals surface area contributed by atoms with Gasteiger partial charge in [-0.15, -0.1) is 0 Å². The van der Waals surface area contributed by atoms with Crippen molar-refractivity contribution in [2.75, 3.05) is 24.5 Å². The Balaban J connectivity index is 1.57. The molecule has 146 valence electrons. The number of nitrogens with zero attached hydrogens (tertiary/aromatic N) is 5. The molecule has 0 spiro atoms. The van der Waals surface area contributed by atoms with E-state index in [-0.39, 0.29) is 16.6 Å². The highest BCUT2D eigenvalue weighted by Crippen LogP contribution is 2.29. The molecule has 1 aliphatic rings. The zero-order chi connectivity index (χ0) is 19.9. The third-order valence-corrected chi connectivity index (χ3v) is 7.42. The molecule has 1 unspecified atom stereocenters. The van der Waals surface area contributed by atoms with Crippen LogP contribution in [-0.4, -0.2) is 52.1 Å². The summed E-state index contributed by atoms with van der Waals surface area (Å²) < 4.78 is 36.2. The molecule has 28 heavy (non-hydrogen) atoms. The Hall–Kier alpha value is -2.63. The number of anilines is 1. The number of nitro groups is 1. The van der Waals surface area contributed by atoms with Crippen LogP contribution >= 0.6 is 11.7 Å². The van der Waals surface area contributed by atoms with Gasteiger partial charge < -0.3 is 4.90 Å². The van der Waals surface area contributed by atoms with Crippen molar-refractivity contribution in [3.05, 3.63) is 52.6 Å². The first kappa shape index (κ1) is 18.7. The second-order valence-electron chi connectivity index (χ2n) is 6.57. The van der Waals surface area contributed by atoms with Gasteiger partial charge in [0.25, 0.3) is 5.69 Å². The molecule has 2 heterocycles. The third-order valence-electron chi connectivity index (χ3n) is 4.83. The summed E-state index contributed by atoms with van der Waals surface area (Å²) in [4.78, 5) is 12.6. The zero-order valence-electron chi connectivity index (χ0n) is 14.9. The van der Waals surface area contributed by atoms with E-state index in [1.54, 1.807) is 30.3 Å². The van der Waals surface area contributed by atoms with Crippen LogP contribution in [0.1, 0.15) is 6.92 Å². The summed E-state index contributed by atoms with van der Waals surface area (Å²) >= 11 is 0.992. The third kappa shape index (κ3) is 3.21. The number of sulfonamides is 1. The van der Waals surface area contributed by atoms with Crippen LogP contribution in [0, 0.1) is 10.1 Å². The number of fused-ring (bicyclic) bond motifs is 1. The van der Waals surface area contributed by atoms with Gasteiger partial charge >= 0.3 is 0 Å². The molecule has 2 aromatic carbocycles. The van der Waals surface area contributed by atoms with Gasteiger partial charge in [0.1, 0.15) is 15.9 Å². The van der Waals surface area contributed by atoms with E-state index in [1.807, 2.05) is 11.8 Å². The van der Waals surface area contributed by atoms with Gasteiger partial charge in [0.2, 0.25) is 10.0 Å². The first-order chi connectivity index (χ1) is 13.4. The van der Waals surface area contributed by atoms with Crippen molar-refractivity contribution in [3.63, 3.8) is 0 Å². The molecule has 4 rings (SSSR count). The zero-order valence-corrected chi connectivity index (χ0v) is 16.6. The highest BCUT2D eigenvalue weighted by molar-refractivity contribution is 7.89. The fraction of sp³-hybridized carbons (Fsp3) is 0.294. The smallest absolute Gasteiger partial charge is 0.269 e. The topological polar surface area (TPSA) is 110 Å². The van der Waals surface area contributed by atoms with E-state index in [1.165, 1.54) is 16.4 Å². The van der Waals surface area contributed by atoms with Gasteiger partial charge in [-0.1, -0.05) is 6.07 Å². The molecule has 1 aliphatic heterocycles. The van der Waals surface area contributed by atoms with E-state index in [0.29, 0.717) is 30.7 Å². The molecule has 0 N–H and O–H groups in total. The van der Waals surface area contributed by atoms with E-state index in [9.17, 15) is 18.5 Å². The number of aromatic nitrogens is 2. The Bertz CT molecular complexity index is 1130. The largest absolute Gasteiger partial charge is 0.369 e. The lowest BCUT2D eigenvalue weighted by atomic mass is 10.2. The molecule has 1 aromatic heterocycles. The van der Waals surface area contributed by atoms with Gasteiger partial charge in [-0.3, -0.25) is 10.1 Å². The SMILES string of the molecule is CC1CN(c2ccc([N+](=O)[O-])cc2)CCN1S(=O)(=O)c1cccc2nsnc12. The quantitative estimate of drug-likeness (QED) is 0.472. The average molecular weight is 419 g/mol. The number of benzene rings is 2. The summed E-state index contributed by atoms with van der Waals surface area (Å²) in [5, 5.41) is 10.8. The Morgan fingerprint density at radius 1 is 1.14 bits per heavy atom. The molecule has 0 saturated carbocycles. The van der Waals surface area contributed by atoms with Gasteiger partial charge in [-0.2, -0.15) is 13.1 Å². The summed E-state index contributed by atoms with van der Waals surface area (Å²) in [5.74, 6) is 0. The minimum absolute atomic E-state index is 0.0305. The van der Waals surface area contributed by atoms with Gasteiger partial charge in [-0.05, 0) is 31.2 Å². The highest BCUT2D eigenvalue weighted by atomic mass is 32.2. The van der Waals surface area contributed by atoms with Crippen LogP contribution in [0.5, 0.6) is 0 Å². The van der Waals surface area contributed by atoms with Crippen LogP contribution in [0.2, 0.25) is 0 Å². The van der Waals surface area contributed by atoms with Gasteiger partial charge in [0, 0.05) is 43.5 Å². The molecule has 11 heteroatoms. The Labute approximate surface area is 165 Å². The van der Waals surface area contributed by atoms with Crippen molar-refractivity contribution in [3.8, 4) is 0 Å². The summed E-state index contributed by atoms with van der Waals surface area (Å²) in [7, 11) is -3.71. The van der Waals surface area contributed by atoms with Crippen molar-refractivity contribution in [2.45, 2.75) is 17.9 Å². The summed E-state index contributed by atoms with van der Waals surface area (Å²) in [6, 6.07) is 11.0. The maximum absolute atomic E-state index is 13.2. The van der Waals surface area contributed by atoms with Crippen molar-refractivity contribution in [1.82, 2.24) is 13.1 Å². The summed E-state index contributed by atoms with van der Waals surface area (Å²) in [6.45, 7) is 3.15. The number of non-ortho nitro benzene ring substituents is 1. The Morgan fingerprint density at radius 2 is 1.89 bits per heavy atom. The predicted octanol–water partition coefficient (Wildman–Crippen LogP) is 2.50. The standard InChI is InChI=1S/C17H17N5O4S2/c1-12-11-20(13-5-7-14(8-6-13)22(23)24)9-10-21(12)28(25,26)16-4-2-3-15-17(16)19-27-18-15/h2-8,12H,9-11H2,1H3. The van der Waals surface area contributed by atoms with Gasteiger partial charge in [0.15, 0.2) is 0 Å².